The molecule has 0 aromatic rings. The molecule has 1 saturated carbocycles. The number of hydrogen-bond acceptors (Lipinski definition) is 2. The minimum atomic E-state index is 0.777. The highest BCUT2D eigenvalue weighted by Gasteiger charge is 2.25. The van der Waals surface area contributed by atoms with E-state index in [0.717, 1.165) is 12.1 Å². The van der Waals surface area contributed by atoms with E-state index in [-0.39, 0.29) is 0 Å². The lowest BCUT2D eigenvalue weighted by molar-refractivity contribution is 0.143. The Morgan fingerprint density at radius 1 is 0.933 bits per heavy atom. The fourth-order valence-corrected chi connectivity index (χ4v) is 3.21. The Morgan fingerprint density at radius 3 is 2.40 bits per heavy atom. The summed E-state index contributed by atoms with van der Waals surface area (Å²) in [5.74, 6) is 0. The van der Waals surface area contributed by atoms with Crippen LogP contribution in [0.5, 0.6) is 0 Å². The number of nitrogens with one attached hydrogen (secondary N) is 1. The average molecular weight is 210 g/mol. The Labute approximate surface area is 94.4 Å². The van der Waals surface area contributed by atoms with Gasteiger partial charge in [0.15, 0.2) is 0 Å². The van der Waals surface area contributed by atoms with Gasteiger partial charge in [0.05, 0.1) is 0 Å². The Kier molecular flexibility index (Phi) is 4.45. The van der Waals surface area contributed by atoms with Gasteiger partial charge in [0, 0.05) is 12.1 Å². The van der Waals surface area contributed by atoms with Gasteiger partial charge in [-0.3, -0.25) is 0 Å². The number of piperidine rings is 1. The van der Waals surface area contributed by atoms with Crippen LogP contribution < -0.4 is 5.32 Å². The topological polar surface area (TPSA) is 15.3 Å². The van der Waals surface area contributed by atoms with Crippen molar-refractivity contribution in [3.63, 3.8) is 0 Å². The van der Waals surface area contributed by atoms with E-state index in [1.165, 1.54) is 64.5 Å². The first-order valence-electron chi connectivity index (χ1n) is 6.81. The standard InChI is InChI=1S/C13H26N2/c1-14-12-7-3-4-8-13(11-12)15-9-5-2-6-10-15/h12-14H,2-11H2,1H3. The van der Waals surface area contributed by atoms with Crippen LogP contribution in [0.15, 0.2) is 0 Å². The molecule has 0 aromatic heterocycles. The molecule has 2 heteroatoms. The van der Waals surface area contributed by atoms with Gasteiger partial charge < -0.3 is 10.2 Å². The maximum atomic E-state index is 3.49. The van der Waals surface area contributed by atoms with Gasteiger partial charge in [-0.05, 0) is 52.2 Å². The van der Waals surface area contributed by atoms with Crippen molar-refractivity contribution in [2.75, 3.05) is 20.1 Å². The third-order valence-electron chi connectivity index (χ3n) is 4.21. The van der Waals surface area contributed by atoms with Crippen molar-refractivity contribution in [1.82, 2.24) is 10.2 Å². The van der Waals surface area contributed by atoms with E-state index in [1.807, 2.05) is 0 Å². The predicted octanol–water partition coefficient (Wildman–Crippen LogP) is 2.39. The first-order chi connectivity index (χ1) is 7.40. The van der Waals surface area contributed by atoms with Gasteiger partial charge in [-0.15, -0.1) is 0 Å². The van der Waals surface area contributed by atoms with Crippen molar-refractivity contribution in [2.45, 2.75) is 63.5 Å². The summed E-state index contributed by atoms with van der Waals surface area (Å²) >= 11 is 0. The van der Waals surface area contributed by atoms with Crippen molar-refractivity contribution >= 4 is 0 Å². The molecule has 88 valence electrons. The number of nitrogens with zero attached hydrogens (tertiary/aromatic N) is 1. The summed E-state index contributed by atoms with van der Waals surface area (Å²) in [4.78, 5) is 2.76. The van der Waals surface area contributed by atoms with Crippen LogP contribution in [0.25, 0.3) is 0 Å². The SMILES string of the molecule is CNC1CCCCC(N2CCCCC2)C1. The van der Waals surface area contributed by atoms with Crippen molar-refractivity contribution < 1.29 is 0 Å². The molecule has 2 rings (SSSR count). The van der Waals surface area contributed by atoms with E-state index in [0.29, 0.717) is 0 Å². The lowest BCUT2D eigenvalue weighted by atomic mass is 10.0. The molecule has 1 N–H and O–H groups in total. The summed E-state index contributed by atoms with van der Waals surface area (Å²) in [7, 11) is 2.13. The zero-order chi connectivity index (χ0) is 10.5. The number of hydrogen-bond donors (Lipinski definition) is 1. The molecule has 1 aliphatic carbocycles. The van der Waals surface area contributed by atoms with Crippen molar-refractivity contribution in [2.24, 2.45) is 0 Å². The molecule has 0 spiro atoms. The van der Waals surface area contributed by atoms with E-state index >= 15 is 0 Å². The van der Waals surface area contributed by atoms with E-state index in [2.05, 4.69) is 17.3 Å². The van der Waals surface area contributed by atoms with E-state index < -0.39 is 0 Å². The normalized spacial score (nSPS) is 35.0. The highest BCUT2D eigenvalue weighted by Crippen LogP contribution is 2.24. The Hall–Kier alpha value is -0.0800. The molecule has 0 amide bonds. The van der Waals surface area contributed by atoms with Crippen LogP contribution in [0, 0.1) is 0 Å². The lowest BCUT2D eigenvalue weighted by Crippen LogP contribution is -2.42. The quantitative estimate of drug-likeness (QED) is 0.704. The molecule has 15 heavy (non-hydrogen) atoms. The summed E-state index contributed by atoms with van der Waals surface area (Å²) in [5.41, 5.74) is 0. The predicted molar refractivity (Wildman–Crippen MR) is 65.1 cm³/mol. The molecule has 1 saturated heterocycles. The molecule has 2 aliphatic rings. The molecule has 2 unspecified atom stereocenters. The second kappa shape index (κ2) is 5.86. The Bertz CT molecular complexity index is 175. The van der Waals surface area contributed by atoms with Gasteiger partial charge in [-0.1, -0.05) is 19.3 Å². The summed E-state index contributed by atoms with van der Waals surface area (Å²) in [6.45, 7) is 2.72. The zero-order valence-corrected chi connectivity index (χ0v) is 10.2. The van der Waals surface area contributed by atoms with Crippen molar-refractivity contribution in [1.29, 1.82) is 0 Å². The van der Waals surface area contributed by atoms with Crippen LogP contribution in [0.1, 0.15) is 51.4 Å². The van der Waals surface area contributed by atoms with Gasteiger partial charge in [0.25, 0.3) is 0 Å². The fourth-order valence-electron chi connectivity index (χ4n) is 3.21. The average Bonchev–Trinajstić information content (AvgIpc) is 2.55. The largest absolute Gasteiger partial charge is 0.317 e. The molecule has 2 atom stereocenters. The van der Waals surface area contributed by atoms with Gasteiger partial charge in [0.2, 0.25) is 0 Å². The lowest BCUT2D eigenvalue weighted by Gasteiger charge is -2.35. The maximum absolute atomic E-state index is 3.49. The molecule has 0 bridgehead atoms. The van der Waals surface area contributed by atoms with E-state index in [4.69, 9.17) is 0 Å². The van der Waals surface area contributed by atoms with Gasteiger partial charge >= 0.3 is 0 Å². The molecule has 1 aliphatic heterocycles. The molecular formula is C13H26N2. The smallest absolute Gasteiger partial charge is 0.0110 e. The monoisotopic (exact) mass is 210 g/mol. The molecule has 0 radical (unpaired) electrons. The third-order valence-corrected chi connectivity index (χ3v) is 4.21. The van der Waals surface area contributed by atoms with Gasteiger partial charge in [-0.25, -0.2) is 0 Å². The highest BCUT2D eigenvalue weighted by molar-refractivity contribution is 4.82. The maximum Gasteiger partial charge on any atom is 0.0110 e. The minimum Gasteiger partial charge on any atom is -0.317 e. The van der Waals surface area contributed by atoms with Crippen molar-refractivity contribution in [3.8, 4) is 0 Å². The number of rotatable bonds is 2. The van der Waals surface area contributed by atoms with Crippen LogP contribution in [0.4, 0.5) is 0 Å². The molecule has 2 fully saturated rings. The summed E-state index contributed by atoms with van der Waals surface area (Å²) in [6, 6.07) is 1.66. The Morgan fingerprint density at radius 2 is 1.67 bits per heavy atom. The third kappa shape index (κ3) is 3.18. The van der Waals surface area contributed by atoms with E-state index in [9.17, 15) is 0 Å². The zero-order valence-electron chi connectivity index (χ0n) is 10.2. The molecule has 1 heterocycles. The first-order valence-corrected chi connectivity index (χ1v) is 6.81. The second-order valence-corrected chi connectivity index (χ2v) is 5.26. The van der Waals surface area contributed by atoms with Crippen LogP contribution in [-0.4, -0.2) is 37.1 Å². The van der Waals surface area contributed by atoms with Gasteiger partial charge in [0.1, 0.15) is 0 Å². The Balaban J connectivity index is 1.87. The number of likely N-dealkylation sites (tertiary alicyclic amines) is 1. The molecular weight excluding hydrogens is 184 g/mol. The first kappa shape index (κ1) is 11.4. The van der Waals surface area contributed by atoms with Crippen LogP contribution >= 0.6 is 0 Å². The summed E-state index contributed by atoms with van der Waals surface area (Å²) in [5, 5.41) is 3.49. The molecule has 2 nitrogen and oxygen atoms in total. The summed E-state index contributed by atoms with van der Waals surface area (Å²) in [6.07, 6.45) is 11.4. The van der Waals surface area contributed by atoms with Gasteiger partial charge in [-0.2, -0.15) is 0 Å². The summed E-state index contributed by atoms with van der Waals surface area (Å²) < 4.78 is 0. The molecule has 0 aromatic carbocycles. The highest BCUT2D eigenvalue weighted by atomic mass is 15.2. The fraction of sp³-hybridized carbons (Fsp3) is 1.00. The second-order valence-electron chi connectivity index (χ2n) is 5.26. The van der Waals surface area contributed by atoms with Crippen molar-refractivity contribution in [3.05, 3.63) is 0 Å². The minimum absolute atomic E-state index is 0.777. The van der Waals surface area contributed by atoms with Crippen LogP contribution in [0.2, 0.25) is 0 Å². The van der Waals surface area contributed by atoms with E-state index in [1.54, 1.807) is 0 Å². The van der Waals surface area contributed by atoms with Crippen LogP contribution in [-0.2, 0) is 0 Å². The van der Waals surface area contributed by atoms with Crippen LogP contribution in [0.3, 0.4) is 0 Å².